The fourth-order valence-electron chi connectivity index (χ4n) is 0.858. The summed E-state index contributed by atoms with van der Waals surface area (Å²) in [5.41, 5.74) is 5.39. The van der Waals surface area contributed by atoms with Gasteiger partial charge in [-0.1, -0.05) is 23.2 Å². The van der Waals surface area contributed by atoms with E-state index in [4.69, 9.17) is 28.9 Å². The predicted molar refractivity (Wildman–Crippen MR) is 52.5 cm³/mol. The molecule has 0 saturated heterocycles. The second kappa shape index (κ2) is 4.55. The Bertz CT molecular complexity index is 377. The highest BCUT2D eigenvalue weighted by molar-refractivity contribution is 6.37. The van der Waals surface area contributed by atoms with E-state index in [-0.39, 0.29) is 15.7 Å². The summed E-state index contributed by atoms with van der Waals surface area (Å²) in [5.74, 6) is -0.733. The summed E-state index contributed by atoms with van der Waals surface area (Å²) in [5, 5.41) is -0.740. The summed E-state index contributed by atoms with van der Waals surface area (Å²) in [7, 11) is 0. The molecule has 0 aliphatic heterocycles. The molecule has 0 amide bonds. The molecule has 90 valence electrons. The summed E-state index contributed by atoms with van der Waals surface area (Å²) < 4.78 is 52.6. The molecule has 8 heteroatoms. The average Bonchev–Trinajstić information content (AvgIpc) is 2.11. The first-order chi connectivity index (χ1) is 7.24. The molecular weight excluding hydrogens is 273 g/mol. The van der Waals surface area contributed by atoms with Crippen molar-refractivity contribution in [1.82, 2.24) is 0 Å². The highest BCUT2D eigenvalue weighted by atomic mass is 35.5. The summed E-state index contributed by atoms with van der Waals surface area (Å²) >= 11 is 11.0. The Morgan fingerprint density at radius 2 is 1.62 bits per heavy atom. The number of nitrogen functional groups attached to an aromatic ring is 1. The number of hydrogen-bond donors (Lipinski definition) is 1. The number of alkyl halides is 4. The largest absolute Gasteiger partial charge is 0.461 e. The van der Waals surface area contributed by atoms with E-state index in [2.05, 4.69) is 4.74 Å². The molecule has 0 saturated carbocycles. The van der Waals surface area contributed by atoms with Gasteiger partial charge in [-0.05, 0) is 12.1 Å². The zero-order valence-electron chi connectivity index (χ0n) is 7.49. The van der Waals surface area contributed by atoms with Crippen molar-refractivity contribution in [2.24, 2.45) is 0 Å². The molecule has 0 atom stereocenters. The SMILES string of the molecule is Nc1cc(Cl)c(OC(F)(F)C(F)F)c(Cl)c1. The van der Waals surface area contributed by atoms with Crippen molar-refractivity contribution in [2.45, 2.75) is 12.5 Å². The van der Waals surface area contributed by atoms with E-state index in [1.807, 2.05) is 0 Å². The Balaban J connectivity index is 3.07. The van der Waals surface area contributed by atoms with Crippen LogP contribution in [0.3, 0.4) is 0 Å². The van der Waals surface area contributed by atoms with Crippen molar-refractivity contribution in [2.75, 3.05) is 5.73 Å². The quantitative estimate of drug-likeness (QED) is 0.674. The van der Waals surface area contributed by atoms with Gasteiger partial charge in [-0.2, -0.15) is 17.6 Å². The fraction of sp³-hybridized carbons (Fsp3) is 0.250. The molecule has 0 fully saturated rings. The van der Waals surface area contributed by atoms with Crippen molar-refractivity contribution in [3.8, 4) is 5.75 Å². The van der Waals surface area contributed by atoms with Crippen molar-refractivity contribution in [3.63, 3.8) is 0 Å². The van der Waals surface area contributed by atoms with Gasteiger partial charge in [0.15, 0.2) is 5.75 Å². The number of benzene rings is 1. The summed E-state index contributed by atoms with van der Waals surface area (Å²) in [6.45, 7) is 0. The topological polar surface area (TPSA) is 35.2 Å². The van der Waals surface area contributed by atoms with Gasteiger partial charge >= 0.3 is 12.5 Å². The van der Waals surface area contributed by atoms with Gasteiger partial charge in [-0.15, -0.1) is 0 Å². The Kier molecular flexibility index (Phi) is 3.75. The van der Waals surface area contributed by atoms with Gasteiger partial charge in [-0.25, -0.2) is 0 Å². The minimum atomic E-state index is -4.66. The zero-order valence-corrected chi connectivity index (χ0v) is 9.00. The van der Waals surface area contributed by atoms with Gasteiger partial charge in [0, 0.05) is 5.69 Å². The van der Waals surface area contributed by atoms with Crippen LogP contribution in [0.25, 0.3) is 0 Å². The van der Waals surface area contributed by atoms with E-state index in [1.165, 1.54) is 0 Å². The summed E-state index contributed by atoms with van der Waals surface area (Å²) in [6, 6.07) is 2.12. The second-order valence-corrected chi connectivity index (χ2v) is 3.59. The van der Waals surface area contributed by atoms with E-state index in [9.17, 15) is 17.6 Å². The maximum Gasteiger partial charge on any atom is 0.461 e. The van der Waals surface area contributed by atoms with E-state index in [1.54, 1.807) is 0 Å². The van der Waals surface area contributed by atoms with Crippen LogP contribution < -0.4 is 10.5 Å². The first-order valence-electron chi connectivity index (χ1n) is 3.83. The van der Waals surface area contributed by atoms with Crippen LogP contribution in [0, 0.1) is 0 Å². The van der Waals surface area contributed by atoms with E-state index >= 15 is 0 Å². The number of ether oxygens (including phenoxy) is 1. The van der Waals surface area contributed by atoms with Gasteiger partial charge in [0.25, 0.3) is 0 Å². The van der Waals surface area contributed by atoms with Gasteiger partial charge in [-0.3, -0.25) is 0 Å². The van der Waals surface area contributed by atoms with Crippen LogP contribution in [0.5, 0.6) is 5.75 Å². The molecule has 0 bridgehead atoms. The third-order valence-corrected chi connectivity index (χ3v) is 2.07. The lowest BCUT2D eigenvalue weighted by Gasteiger charge is -2.18. The molecule has 1 aromatic carbocycles. The Morgan fingerprint density at radius 3 is 2.00 bits per heavy atom. The minimum Gasteiger partial charge on any atom is -0.425 e. The number of nitrogens with two attached hydrogens (primary N) is 1. The molecule has 2 N–H and O–H groups in total. The van der Waals surface area contributed by atoms with Crippen molar-refractivity contribution in [1.29, 1.82) is 0 Å². The van der Waals surface area contributed by atoms with E-state index in [0.717, 1.165) is 12.1 Å². The number of anilines is 1. The molecule has 0 heterocycles. The van der Waals surface area contributed by atoms with Crippen LogP contribution >= 0.6 is 23.2 Å². The lowest BCUT2D eigenvalue weighted by molar-refractivity contribution is -0.253. The molecule has 0 radical (unpaired) electrons. The Hall–Kier alpha value is -0.880. The van der Waals surface area contributed by atoms with Gasteiger partial charge in [0.2, 0.25) is 0 Å². The summed E-state index contributed by atoms with van der Waals surface area (Å²) in [6.07, 6.45) is -8.65. The van der Waals surface area contributed by atoms with E-state index in [0.29, 0.717) is 0 Å². The smallest absolute Gasteiger partial charge is 0.425 e. The van der Waals surface area contributed by atoms with Gasteiger partial charge < -0.3 is 10.5 Å². The van der Waals surface area contributed by atoms with Gasteiger partial charge in [0.1, 0.15) is 0 Å². The molecule has 1 rings (SSSR count). The predicted octanol–water partition coefficient (Wildman–Crippen LogP) is 3.81. The van der Waals surface area contributed by atoms with Crippen LogP contribution in [0.4, 0.5) is 23.2 Å². The third-order valence-electron chi connectivity index (χ3n) is 1.51. The molecule has 16 heavy (non-hydrogen) atoms. The highest BCUT2D eigenvalue weighted by Crippen LogP contribution is 2.39. The average molecular weight is 278 g/mol. The maximum absolute atomic E-state index is 12.6. The highest BCUT2D eigenvalue weighted by Gasteiger charge is 2.44. The molecular formula is C8H5Cl2F4NO. The number of halogens is 6. The molecule has 2 nitrogen and oxygen atoms in total. The lowest BCUT2D eigenvalue weighted by Crippen LogP contribution is -2.33. The van der Waals surface area contributed by atoms with Crippen LogP contribution in [0.2, 0.25) is 10.0 Å². The van der Waals surface area contributed by atoms with Crippen molar-refractivity contribution >= 4 is 28.9 Å². The molecule has 0 aliphatic carbocycles. The fourth-order valence-corrected chi connectivity index (χ4v) is 1.44. The Morgan fingerprint density at radius 1 is 1.19 bits per heavy atom. The molecule has 0 aromatic heterocycles. The van der Waals surface area contributed by atoms with Crippen LogP contribution in [-0.2, 0) is 0 Å². The molecule has 0 unspecified atom stereocenters. The zero-order chi connectivity index (χ0) is 12.5. The maximum atomic E-state index is 12.6. The van der Waals surface area contributed by atoms with Crippen LogP contribution in [0.15, 0.2) is 12.1 Å². The first-order valence-corrected chi connectivity index (χ1v) is 4.59. The molecule has 0 aliphatic rings. The molecule has 1 aromatic rings. The van der Waals surface area contributed by atoms with Crippen LogP contribution in [-0.4, -0.2) is 12.5 Å². The monoisotopic (exact) mass is 277 g/mol. The minimum absolute atomic E-state index is 0.0997. The summed E-state index contributed by atoms with van der Waals surface area (Å²) in [4.78, 5) is 0. The lowest BCUT2D eigenvalue weighted by atomic mass is 10.3. The number of rotatable bonds is 3. The van der Waals surface area contributed by atoms with Crippen molar-refractivity contribution in [3.05, 3.63) is 22.2 Å². The van der Waals surface area contributed by atoms with Crippen LogP contribution in [0.1, 0.15) is 0 Å². The molecule has 0 spiro atoms. The standard InChI is InChI=1S/C8H5Cl2F4NO/c9-4-1-3(15)2-5(10)6(4)16-8(13,14)7(11)12/h1-2,7H,15H2. The third kappa shape index (κ3) is 2.82. The second-order valence-electron chi connectivity index (χ2n) is 2.78. The normalized spacial score (nSPS) is 11.9. The van der Waals surface area contributed by atoms with Crippen molar-refractivity contribution < 1.29 is 22.3 Å². The first kappa shape index (κ1) is 13.2. The Labute approximate surface area is 97.9 Å². The van der Waals surface area contributed by atoms with E-state index < -0.39 is 18.3 Å². The number of hydrogen-bond acceptors (Lipinski definition) is 2. The van der Waals surface area contributed by atoms with Gasteiger partial charge in [0.05, 0.1) is 10.0 Å².